The SMILES string of the molecule is CCCCCCCCCC(C)n1ccnc1CC[Si](OC)(OC)OC. The lowest BCUT2D eigenvalue weighted by molar-refractivity contribution is 0.123. The maximum Gasteiger partial charge on any atom is 0.500 e. The summed E-state index contributed by atoms with van der Waals surface area (Å²) in [7, 11) is 2.45. The van der Waals surface area contributed by atoms with Crippen LogP contribution < -0.4 is 0 Å². The molecule has 1 atom stereocenters. The maximum absolute atomic E-state index is 5.51. The van der Waals surface area contributed by atoms with Crippen LogP contribution in [-0.2, 0) is 19.7 Å². The molecule has 0 saturated heterocycles. The second kappa shape index (κ2) is 12.6. The lowest BCUT2D eigenvalue weighted by Crippen LogP contribution is -2.43. The number of aromatic nitrogens is 2. The van der Waals surface area contributed by atoms with Gasteiger partial charge in [-0.3, -0.25) is 0 Å². The molecule has 0 aliphatic heterocycles. The Bertz CT molecular complexity index is 441. The topological polar surface area (TPSA) is 45.5 Å². The van der Waals surface area contributed by atoms with Crippen molar-refractivity contribution < 1.29 is 13.3 Å². The van der Waals surface area contributed by atoms with Crippen molar-refractivity contribution in [1.29, 1.82) is 0 Å². The average molecular weight is 371 g/mol. The van der Waals surface area contributed by atoms with E-state index >= 15 is 0 Å². The van der Waals surface area contributed by atoms with E-state index in [0.717, 1.165) is 18.3 Å². The summed E-state index contributed by atoms with van der Waals surface area (Å²) in [5.74, 6) is 1.10. The molecule has 25 heavy (non-hydrogen) atoms. The number of imidazole rings is 1. The lowest BCUT2D eigenvalue weighted by atomic mass is 10.1. The van der Waals surface area contributed by atoms with E-state index in [2.05, 4.69) is 29.6 Å². The van der Waals surface area contributed by atoms with Crippen LogP contribution in [0.2, 0.25) is 6.04 Å². The molecule has 146 valence electrons. The molecule has 1 heterocycles. The van der Waals surface area contributed by atoms with Crippen molar-refractivity contribution >= 4 is 8.80 Å². The highest BCUT2D eigenvalue weighted by Crippen LogP contribution is 2.21. The van der Waals surface area contributed by atoms with E-state index in [-0.39, 0.29) is 0 Å². The van der Waals surface area contributed by atoms with E-state index < -0.39 is 8.80 Å². The Morgan fingerprint density at radius 1 is 1.00 bits per heavy atom. The van der Waals surface area contributed by atoms with E-state index in [9.17, 15) is 0 Å². The standard InChI is InChI=1S/C19H38N2O3Si/c1-6-7-8-9-10-11-12-13-18(2)21-16-15-20-19(21)14-17-25(22-3,23-4)24-5/h15-16,18H,6-14,17H2,1-5H3. The summed E-state index contributed by atoms with van der Waals surface area (Å²) in [5, 5.41) is 0. The van der Waals surface area contributed by atoms with Crippen molar-refractivity contribution in [3.8, 4) is 0 Å². The summed E-state index contributed by atoms with van der Waals surface area (Å²) in [4.78, 5) is 4.54. The van der Waals surface area contributed by atoms with Gasteiger partial charge < -0.3 is 17.8 Å². The van der Waals surface area contributed by atoms with Crippen LogP contribution in [0.25, 0.3) is 0 Å². The Morgan fingerprint density at radius 2 is 1.60 bits per heavy atom. The molecule has 1 unspecified atom stereocenters. The van der Waals surface area contributed by atoms with Gasteiger partial charge in [-0.25, -0.2) is 4.98 Å². The van der Waals surface area contributed by atoms with Crippen LogP contribution in [0.4, 0.5) is 0 Å². The zero-order chi connectivity index (χ0) is 18.5. The molecular formula is C19H38N2O3Si. The van der Waals surface area contributed by atoms with Gasteiger partial charge in [0.25, 0.3) is 0 Å². The molecule has 0 radical (unpaired) electrons. The highest BCUT2D eigenvalue weighted by molar-refractivity contribution is 6.60. The average Bonchev–Trinajstić information content (AvgIpc) is 3.11. The number of unbranched alkanes of at least 4 members (excludes halogenated alkanes) is 6. The van der Waals surface area contributed by atoms with Gasteiger partial charge in [0.2, 0.25) is 0 Å². The lowest BCUT2D eigenvalue weighted by Gasteiger charge is -2.24. The van der Waals surface area contributed by atoms with Crippen molar-refractivity contribution in [3.63, 3.8) is 0 Å². The molecular weight excluding hydrogens is 332 g/mol. The Labute approximate surface area is 155 Å². The number of rotatable bonds is 15. The molecule has 6 heteroatoms. The fraction of sp³-hybridized carbons (Fsp3) is 0.842. The Hall–Kier alpha value is -0.693. The molecule has 0 aliphatic rings. The molecule has 5 nitrogen and oxygen atoms in total. The first kappa shape index (κ1) is 22.3. The Kier molecular flexibility index (Phi) is 11.3. The third-order valence-electron chi connectivity index (χ3n) is 5.04. The molecule has 0 amide bonds. The molecule has 0 spiro atoms. The molecule has 1 aromatic rings. The first-order valence-corrected chi connectivity index (χ1v) is 11.7. The molecule has 1 aromatic heterocycles. The van der Waals surface area contributed by atoms with Gasteiger partial charge in [-0.05, 0) is 13.3 Å². The van der Waals surface area contributed by atoms with Gasteiger partial charge >= 0.3 is 8.80 Å². The van der Waals surface area contributed by atoms with Gasteiger partial charge in [0.15, 0.2) is 0 Å². The van der Waals surface area contributed by atoms with Crippen LogP contribution in [0.5, 0.6) is 0 Å². The fourth-order valence-electron chi connectivity index (χ4n) is 3.30. The van der Waals surface area contributed by atoms with Crippen molar-refractivity contribution in [2.24, 2.45) is 0 Å². The van der Waals surface area contributed by atoms with E-state index in [1.165, 1.54) is 51.4 Å². The summed E-state index contributed by atoms with van der Waals surface area (Å²) < 4.78 is 18.8. The third-order valence-corrected chi connectivity index (χ3v) is 7.77. The van der Waals surface area contributed by atoms with Gasteiger partial charge in [-0.1, -0.05) is 51.9 Å². The number of aryl methyl sites for hydroxylation is 1. The number of hydrogen-bond donors (Lipinski definition) is 0. The minimum absolute atomic E-state index is 0.483. The normalized spacial score (nSPS) is 13.3. The van der Waals surface area contributed by atoms with Crippen LogP contribution in [0.1, 0.15) is 77.1 Å². The molecule has 0 saturated carbocycles. The van der Waals surface area contributed by atoms with Crippen molar-refractivity contribution in [1.82, 2.24) is 9.55 Å². The van der Waals surface area contributed by atoms with Crippen LogP contribution >= 0.6 is 0 Å². The predicted molar refractivity (Wildman–Crippen MR) is 105 cm³/mol. The summed E-state index contributed by atoms with van der Waals surface area (Å²) in [5.41, 5.74) is 0. The van der Waals surface area contributed by atoms with E-state index in [1.54, 1.807) is 21.3 Å². The summed E-state index contributed by atoms with van der Waals surface area (Å²) in [6.45, 7) is 4.55. The second-order valence-corrected chi connectivity index (χ2v) is 9.90. The highest BCUT2D eigenvalue weighted by atomic mass is 28.4. The summed E-state index contributed by atoms with van der Waals surface area (Å²) in [6, 6.07) is 1.23. The van der Waals surface area contributed by atoms with Crippen LogP contribution in [0.15, 0.2) is 12.4 Å². The zero-order valence-electron chi connectivity index (χ0n) is 16.9. The van der Waals surface area contributed by atoms with E-state index in [0.29, 0.717) is 6.04 Å². The van der Waals surface area contributed by atoms with Gasteiger partial charge in [-0.2, -0.15) is 0 Å². The van der Waals surface area contributed by atoms with Crippen LogP contribution in [0, 0.1) is 0 Å². The third kappa shape index (κ3) is 7.60. The monoisotopic (exact) mass is 370 g/mol. The first-order chi connectivity index (χ1) is 12.1. The molecule has 0 aliphatic carbocycles. The van der Waals surface area contributed by atoms with Crippen molar-refractivity contribution in [2.45, 2.75) is 83.7 Å². The largest absolute Gasteiger partial charge is 0.500 e. The van der Waals surface area contributed by atoms with Crippen molar-refractivity contribution in [3.05, 3.63) is 18.2 Å². The Morgan fingerprint density at radius 3 is 2.20 bits per heavy atom. The molecule has 0 N–H and O–H groups in total. The number of hydrogen-bond acceptors (Lipinski definition) is 4. The van der Waals surface area contributed by atoms with Gasteiger partial charge in [0.05, 0.1) is 0 Å². The van der Waals surface area contributed by atoms with E-state index in [1.807, 2.05) is 6.20 Å². The Balaban J connectivity index is 2.40. The highest BCUT2D eigenvalue weighted by Gasteiger charge is 2.37. The molecule has 1 rings (SSSR count). The quantitative estimate of drug-likeness (QED) is 0.322. The summed E-state index contributed by atoms with van der Waals surface area (Å²) in [6.07, 6.45) is 15.5. The van der Waals surface area contributed by atoms with Gasteiger partial charge in [0.1, 0.15) is 5.82 Å². The van der Waals surface area contributed by atoms with Gasteiger partial charge in [0, 0.05) is 52.2 Å². The van der Waals surface area contributed by atoms with Crippen LogP contribution in [-0.4, -0.2) is 39.7 Å². The minimum atomic E-state index is -2.53. The first-order valence-electron chi connectivity index (χ1n) is 9.79. The smallest absolute Gasteiger partial charge is 0.377 e. The molecule has 0 aromatic carbocycles. The van der Waals surface area contributed by atoms with Crippen molar-refractivity contribution in [2.75, 3.05) is 21.3 Å². The van der Waals surface area contributed by atoms with E-state index in [4.69, 9.17) is 13.3 Å². The second-order valence-electron chi connectivity index (χ2n) is 6.81. The summed E-state index contributed by atoms with van der Waals surface area (Å²) >= 11 is 0. The predicted octanol–water partition coefficient (Wildman–Crippen LogP) is 5.01. The van der Waals surface area contributed by atoms with Gasteiger partial charge in [-0.15, -0.1) is 0 Å². The van der Waals surface area contributed by atoms with Crippen LogP contribution in [0.3, 0.4) is 0 Å². The molecule has 0 bridgehead atoms. The fourth-order valence-corrected chi connectivity index (χ4v) is 4.94. The number of nitrogens with zero attached hydrogens (tertiary/aromatic N) is 2. The maximum atomic E-state index is 5.51. The molecule has 0 fully saturated rings. The minimum Gasteiger partial charge on any atom is -0.377 e. The zero-order valence-corrected chi connectivity index (χ0v) is 17.9.